The third kappa shape index (κ3) is 5.66. The van der Waals surface area contributed by atoms with Crippen molar-refractivity contribution in [1.29, 1.82) is 0 Å². The zero-order valence-electron chi connectivity index (χ0n) is 13.8. The lowest BCUT2D eigenvalue weighted by atomic mass is 10.1. The van der Waals surface area contributed by atoms with E-state index in [1.165, 1.54) is 11.1 Å². The number of urea groups is 1. The fourth-order valence-electron chi connectivity index (χ4n) is 2.33. The molecule has 0 saturated heterocycles. The quantitative estimate of drug-likeness (QED) is 0.770. The highest BCUT2D eigenvalue weighted by Crippen LogP contribution is 2.17. The highest BCUT2D eigenvalue weighted by Gasteiger charge is 2.02. The van der Waals surface area contributed by atoms with Crippen LogP contribution >= 0.6 is 0 Å². The molecular weight excluding hydrogens is 288 g/mol. The number of rotatable bonds is 7. The Bertz CT molecular complexity index is 641. The van der Waals surface area contributed by atoms with Gasteiger partial charge in [0, 0.05) is 6.54 Å². The molecule has 2 amide bonds. The van der Waals surface area contributed by atoms with Gasteiger partial charge in [-0.3, -0.25) is 0 Å². The SMILES string of the molecule is CCc1ccccc1OCCNC(=O)NCc1cccc(C)c1. The first kappa shape index (κ1) is 16.9. The molecule has 2 aromatic carbocycles. The molecule has 0 aliphatic heterocycles. The van der Waals surface area contributed by atoms with Crippen molar-refractivity contribution in [2.75, 3.05) is 13.2 Å². The maximum atomic E-state index is 11.8. The van der Waals surface area contributed by atoms with Crippen molar-refractivity contribution in [3.63, 3.8) is 0 Å². The Kier molecular flexibility index (Phi) is 6.48. The fourth-order valence-corrected chi connectivity index (χ4v) is 2.33. The van der Waals surface area contributed by atoms with E-state index >= 15 is 0 Å². The molecule has 0 bridgehead atoms. The Labute approximate surface area is 137 Å². The lowest BCUT2D eigenvalue weighted by Crippen LogP contribution is -2.37. The van der Waals surface area contributed by atoms with E-state index < -0.39 is 0 Å². The molecule has 0 saturated carbocycles. The molecular formula is C19H24N2O2. The molecule has 23 heavy (non-hydrogen) atoms. The van der Waals surface area contributed by atoms with Gasteiger partial charge in [-0.2, -0.15) is 0 Å². The van der Waals surface area contributed by atoms with E-state index in [1.807, 2.05) is 43.3 Å². The van der Waals surface area contributed by atoms with Gasteiger partial charge in [0.1, 0.15) is 12.4 Å². The number of hydrogen-bond acceptors (Lipinski definition) is 2. The summed E-state index contributed by atoms with van der Waals surface area (Å²) in [4.78, 5) is 11.8. The largest absolute Gasteiger partial charge is 0.491 e. The number of amides is 2. The first-order chi connectivity index (χ1) is 11.2. The van der Waals surface area contributed by atoms with Gasteiger partial charge in [-0.05, 0) is 30.5 Å². The van der Waals surface area contributed by atoms with E-state index in [9.17, 15) is 4.79 Å². The average Bonchev–Trinajstić information content (AvgIpc) is 2.57. The minimum Gasteiger partial charge on any atom is -0.491 e. The maximum Gasteiger partial charge on any atom is 0.315 e. The van der Waals surface area contributed by atoms with Gasteiger partial charge in [0.2, 0.25) is 0 Å². The Hall–Kier alpha value is -2.49. The summed E-state index contributed by atoms with van der Waals surface area (Å²) in [6, 6.07) is 15.9. The predicted molar refractivity (Wildman–Crippen MR) is 92.7 cm³/mol. The minimum atomic E-state index is -0.182. The zero-order chi connectivity index (χ0) is 16.5. The molecule has 2 aromatic rings. The van der Waals surface area contributed by atoms with Crippen LogP contribution in [0.1, 0.15) is 23.6 Å². The molecule has 2 N–H and O–H groups in total. The lowest BCUT2D eigenvalue weighted by Gasteiger charge is -2.11. The Balaban J connectivity index is 1.67. The van der Waals surface area contributed by atoms with E-state index in [2.05, 4.69) is 29.7 Å². The third-order valence-corrected chi connectivity index (χ3v) is 3.53. The summed E-state index contributed by atoms with van der Waals surface area (Å²) in [6.07, 6.45) is 0.931. The fraction of sp³-hybridized carbons (Fsp3) is 0.316. The van der Waals surface area contributed by atoms with Gasteiger partial charge < -0.3 is 15.4 Å². The zero-order valence-corrected chi connectivity index (χ0v) is 13.8. The summed E-state index contributed by atoms with van der Waals surface area (Å²) in [7, 11) is 0. The molecule has 0 atom stereocenters. The Morgan fingerprint density at radius 2 is 1.91 bits per heavy atom. The van der Waals surface area contributed by atoms with Crippen molar-refractivity contribution in [2.45, 2.75) is 26.8 Å². The van der Waals surface area contributed by atoms with Gasteiger partial charge in [-0.25, -0.2) is 4.79 Å². The topological polar surface area (TPSA) is 50.4 Å². The predicted octanol–water partition coefficient (Wildman–Crippen LogP) is 3.44. The van der Waals surface area contributed by atoms with Crippen LogP contribution in [0.5, 0.6) is 5.75 Å². The number of hydrogen-bond donors (Lipinski definition) is 2. The van der Waals surface area contributed by atoms with E-state index in [0.717, 1.165) is 17.7 Å². The van der Waals surface area contributed by atoms with Crippen LogP contribution in [-0.2, 0) is 13.0 Å². The molecule has 122 valence electrons. The molecule has 0 radical (unpaired) electrons. The molecule has 0 heterocycles. The summed E-state index contributed by atoms with van der Waals surface area (Å²) in [6.45, 7) is 5.58. The van der Waals surface area contributed by atoms with E-state index in [4.69, 9.17) is 4.74 Å². The molecule has 0 fully saturated rings. The number of carbonyl (C=O) groups excluding carboxylic acids is 1. The van der Waals surface area contributed by atoms with Crippen molar-refractivity contribution in [2.24, 2.45) is 0 Å². The second-order valence-corrected chi connectivity index (χ2v) is 5.41. The smallest absolute Gasteiger partial charge is 0.315 e. The molecule has 4 nitrogen and oxygen atoms in total. The molecule has 0 aliphatic carbocycles. The molecule has 0 aromatic heterocycles. The number of nitrogens with one attached hydrogen (secondary N) is 2. The maximum absolute atomic E-state index is 11.8. The van der Waals surface area contributed by atoms with Crippen molar-refractivity contribution < 1.29 is 9.53 Å². The number of para-hydroxylation sites is 1. The van der Waals surface area contributed by atoms with E-state index in [-0.39, 0.29) is 6.03 Å². The van der Waals surface area contributed by atoms with E-state index in [0.29, 0.717) is 19.7 Å². The van der Waals surface area contributed by atoms with Crippen LogP contribution in [0.2, 0.25) is 0 Å². The van der Waals surface area contributed by atoms with Gasteiger partial charge in [-0.1, -0.05) is 55.0 Å². The first-order valence-electron chi connectivity index (χ1n) is 7.97. The second-order valence-electron chi connectivity index (χ2n) is 5.41. The Morgan fingerprint density at radius 3 is 2.70 bits per heavy atom. The molecule has 2 rings (SSSR count). The lowest BCUT2D eigenvalue weighted by molar-refractivity contribution is 0.236. The number of benzene rings is 2. The summed E-state index contributed by atoms with van der Waals surface area (Å²) < 4.78 is 5.71. The van der Waals surface area contributed by atoms with Crippen molar-refractivity contribution >= 4 is 6.03 Å². The first-order valence-corrected chi connectivity index (χ1v) is 7.97. The van der Waals surface area contributed by atoms with Crippen LogP contribution in [0.15, 0.2) is 48.5 Å². The third-order valence-electron chi connectivity index (χ3n) is 3.53. The van der Waals surface area contributed by atoms with Crippen molar-refractivity contribution in [3.8, 4) is 5.75 Å². The Morgan fingerprint density at radius 1 is 1.09 bits per heavy atom. The van der Waals surface area contributed by atoms with Gasteiger partial charge in [-0.15, -0.1) is 0 Å². The van der Waals surface area contributed by atoms with Crippen LogP contribution < -0.4 is 15.4 Å². The van der Waals surface area contributed by atoms with Crippen LogP contribution in [0.3, 0.4) is 0 Å². The van der Waals surface area contributed by atoms with Crippen LogP contribution in [0.4, 0.5) is 4.79 Å². The summed E-state index contributed by atoms with van der Waals surface area (Å²) in [5.74, 6) is 0.886. The average molecular weight is 312 g/mol. The highest BCUT2D eigenvalue weighted by molar-refractivity contribution is 5.73. The normalized spacial score (nSPS) is 10.2. The molecule has 0 aliphatic rings. The van der Waals surface area contributed by atoms with Crippen LogP contribution in [0, 0.1) is 6.92 Å². The number of ether oxygens (including phenoxy) is 1. The number of aryl methyl sites for hydroxylation is 2. The van der Waals surface area contributed by atoms with Gasteiger partial charge in [0.05, 0.1) is 6.54 Å². The van der Waals surface area contributed by atoms with Gasteiger partial charge >= 0.3 is 6.03 Å². The van der Waals surface area contributed by atoms with Crippen LogP contribution in [0.25, 0.3) is 0 Å². The van der Waals surface area contributed by atoms with Gasteiger partial charge in [0.15, 0.2) is 0 Å². The van der Waals surface area contributed by atoms with Gasteiger partial charge in [0.25, 0.3) is 0 Å². The molecule has 0 unspecified atom stereocenters. The number of carbonyl (C=O) groups is 1. The minimum absolute atomic E-state index is 0.182. The summed E-state index contributed by atoms with van der Waals surface area (Å²) >= 11 is 0. The molecule has 4 heteroatoms. The van der Waals surface area contributed by atoms with E-state index in [1.54, 1.807) is 0 Å². The van der Waals surface area contributed by atoms with Crippen molar-refractivity contribution in [3.05, 3.63) is 65.2 Å². The van der Waals surface area contributed by atoms with Crippen molar-refractivity contribution in [1.82, 2.24) is 10.6 Å². The highest BCUT2D eigenvalue weighted by atomic mass is 16.5. The summed E-state index contributed by atoms with van der Waals surface area (Å²) in [5, 5.41) is 5.64. The van der Waals surface area contributed by atoms with Crippen LogP contribution in [-0.4, -0.2) is 19.2 Å². The standard InChI is InChI=1S/C19H24N2O2/c1-3-17-9-4-5-10-18(17)23-12-11-20-19(22)21-14-16-8-6-7-15(2)13-16/h4-10,13H,3,11-12,14H2,1-2H3,(H2,20,21,22). The second kappa shape index (κ2) is 8.83. The molecule has 0 spiro atoms. The monoisotopic (exact) mass is 312 g/mol. The summed E-state index contributed by atoms with van der Waals surface area (Å²) in [5.41, 5.74) is 3.46.